The fourth-order valence-corrected chi connectivity index (χ4v) is 0.832. The van der Waals surface area contributed by atoms with E-state index in [1.807, 2.05) is 0 Å². The van der Waals surface area contributed by atoms with Crippen LogP contribution in [-0.4, -0.2) is 12.6 Å². The standard InChI is InChI=1S/C9H10FNO3/c1-2-13-9(12)7(11)5-6-3-4-8(10)14-6/h3-5H,2,11H2,1H3/b7-5-. The van der Waals surface area contributed by atoms with Crippen molar-refractivity contribution >= 4 is 12.0 Å². The van der Waals surface area contributed by atoms with Crippen molar-refractivity contribution in [1.82, 2.24) is 0 Å². The van der Waals surface area contributed by atoms with Gasteiger partial charge in [0.25, 0.3) is 6.01 Å². The van der Waals surface area contributed by atoms with Crippen LogP contribution in [0.4, 0.5) is 4.39 Å². The SMILES string of the molecule is CCOC(=O)/C(N)=C/c1ccc(F)o1. The zero-order valence-electron chi connectivity index (χ0n) is 7.62. The van der Waals surface area contributed by atoms with E-state index in [9.17, 15) is 9.18 Å². The lowest BCUT2D eigenvalue weighted by atomic mass is 10.3. The maximum absolute atomic E-state index is 12.4. The van der Waals surface area contributed by atoms with E-state index in [0.717, 1.165) is 6.07 Å². The Morgan fingerprint density at radius 3 is 2.93 bits per heavy atom. The van der Waals surface area contributed by atoms with Crippen LogP contribution in [0.1, 0.15) is 12.7 Å². The minimum Gasteiger partial charge on any atom is -0.461 e. The Labute approximate surface area is 80.1 Å². The zero-order valence-corrected chi connectivity index (χ0v) is 7.62. The van der Waals surface area contributed by atoms with Crippen molar-refractivity contribution in [3.05, 3.63) is 29.6 Å². The van der Waals surface area contributed by atoms with Crippen molar-refractivity contribution < 1.29 is 18.3 Å². The minimum atomic E-state index is -0.729. The summed E-state index contributed by atoms with van der Waals surface area (Å²) in [5.41, 5.74) is 5.22. The number of nitrogens with two attached hydrogens (primary N) is 1. The van der Waals surface area contributed by atoms with Gasteiger partial charge < -0.3 is 14.9 Å². The van der Waals surface area contributed by atoms with Crippen molar-refractivity contribution in [3.8, 4) is 0 Å². The van der Waals surface area contributed by atoms with E-state index in [4.69, 9.17) is 5.73 Å². The molecule has 0 aliphatic rings. The van der Waals surface area contributed by atoms with Gasteiger partial charge in [-0.05, 0) is 13.0 Å². The summed E-state index contributed by atoms with van der Waals surface area (Å²) in [5, 5.41) is 0. The van der Waals surface area contributed by atoms with Crippen molar-refractivity contribution in [2.75, 3.05) is 6.61 Å². The van der Waals surface area contributed by atoms with Gasteiger partial charge >= 0.3 is 5.97 Å². The molecule has 1 rings (SSSR count). The fourth-order valence-electron chi connectivity index (χ4n) is 0.832. The molecule has 0 saturated carbocycles. The number of rotatable bonds is 3. The molecule has 1 heterocycles. The number of carbonyl (C=O) groups excluding carboxylic acids is 1. The third-order valence-electron chi connectivity index (χ3n) is 1.40. The van der Waals surface area contributed by atoms with E-state index in [-0.39, 0.29) is 18.1 Å². The summed E-state index contributed by atoms with van der Waals surface area (Å²) < 4.78 is 21.5. The lowest BCUT2D eigenvalue weighted by molar-refractivity contribution is -0.138. The van der Waals surface area contributed by atoms with Gasteiger partial charge in [-0.15, -0.1) is 0 Å². The van der Waals surface area contributed by atoms with Gasteiger partial charge in [0.05, 0.1) is 6.61 Å². The lowest BCUT2D eigenvalue weighted by Crippen LogP contribution is -2.14. The summed E-state index contributed by atoms with van der Waals surface area (Å²) in [6.07, 6.45) is 1.21. The van der Waals surface area contributed by atoms with Crippen molar-refractivity contribution in [2.45, 2.75) is 6.92 Å². The summed E-state index contributed by atoms with van der Waals surface area (Å²) >= 11 is 0. The maximum atomic E-state index is 12.4. The molecule has 76 valence electrons. The first-order valence-corrected chi connectivity index (χ1v) is 4.03. The van der Waals surface area contributed by atoms with E-state index in [0.29, 0.717) is 0 Å². The van der Waals surface area contributed by atoms with Gasteiger partial charge in [0.2, 0.25) is 0 Å². The van der Waals surface area contributed by atoms with Gasteiger partial charge in [-0.2, -0.15) is 4.39 Å². The summed E-state index contributed by atoms with van der Waals surface area (Å²) in [6, 6.07) is 1.76. The second kappa shape index (κ2) is 4.45. The Balaban J connectivity index is 2.73. The number of furan rings is 1. The van der Waals surface area contributed by atoms with Gasteiger partial charge in [-0.3, -0.25) is 0 Å². The number of ether oxygens (including phenoxy) is 1. The molecule has 5 heteroatoms. The molecule has 0 aliphatic heterocycles. The molecule has 4 nitrogen and oxygen atoms in total. The smallest absolute Gasteiger partial charge is 0.354 e. The molecular formula is C9H10FNO3. The van der Waals surface area contributed by atoms with Crippen LogP contribution in [0.15, 0.2) is 22.2 Å². The van der Waals surface area contributed by atoms with Crippen LogP contribution in [0.2, 0.25) is 0 Å². The second-order valence-corrected chi connectivity index (χ2v) is 2.46. The fraction of sp³-hybridized carbons (Fsp3) is 0.222. The second-order valence-electron chi connectivity index (χ2n) is 2.46. The highest BCUT2D eigenvalue weighted by Gasteiger charge is 2.07. The Morgan fingerprint density at radius 2 is 2.43 bits per heavy atom. The Kier molecular flexibility index (Phi) is 3.28. The predicted molar refractivity (Wildman–Crippen MR) is 47.5 cm³/mol. The lowest BCUT2D eigenvalue weighted by Gasteiger charge is -1.99. The van der Waals surface area contributed by atoms with Gasteiger partial charge in [0.1, 0.15) is 11.5 Å². The Morgan fingerprint density at radius 1 is 1.71 bits per heavy atom. The topological polar surface area (TPSA) is 65.5 Å². The van der Waals surface area contributed by atoms with E-state index < -0.39 is 12.0 Å². The van der Waals surface area contributed by atoms with Crippen molar-refractivity contribution in [1.29, 1.82) is 0 Å². The highest BCUT2D eigenvalue weighted by molar-refractivity contribution is 5.92. The molecule has 0 amide bonds. The van der Waals surface area contributed by atoms with Crippen LogP contribution in [0.5, 0.6) is 0 Å². The van der Waals surface area contributed by atoms with Crippen molar-refractivity contribution in [3.63, 3.8) is 0 Å². The average molecular weight is 199 g/mol. The molecule has 2 N–H and O–H groups in total. The third-order valence-corrected chi connectivity index (χ3v) is 1.40. The van der Waals surface area contributed by atoms with Crippen LogP contribution in [0.25, 0.3) is 6.08 Å². The molecular weight excluding hydrogens is 189 g/mol. The van der Waals surface area contributed by atoms with Gasteiger partial charge in [-0.1, -0.05) is 0 Å². The third kappa shape index (κ3) is 2.62. The largest absolute Gasteiger partial charge is 0.461 e. The van der Waals surface area contributed by atoms with E-state index >= 15 is 0 Å². The average Bonchev–Trinajstić information content (AvgIpc) is 2.51. The number of hydrogen-bond donors (Lipinski definition) is 1. The minimum absolute atomic E-state index is 0.124. The molecule has 14 heavy (non-hydrogen) atoms. The monoisotopic (exact) mass is 199 g/mol. The Hall–Kier alpha value is -1.78. The first kappa shape index (κ1) is 10.3. The van der Waals surface area contributed by atoms with Crippen LogP contribution in [-0.2, 0) is 9.53 Å². The highest BCUT2D eigenvalue weighted by atomic mass is 19.1. The summed E-state index contributed by atoms with van der Waals surface area (Å²) in [5.74, 6) is -0.475. The quantitative estimate of drug-likeness (QED) is 0.588. The molecule has 0 fully saturated rings. The highest BCUT2D eigenvalue weighted by Crippen LogP contribution is 2.09. The molecule has 0 bridgehead atoms. The van der Waals surface area contributed by atoms with Crippen LogP contribution in [0, 0.1) is 6.01 Å². The van der Waals surface area contributed by atoms with Gasteiger partial charge in [0, 0.05) is 12.1 Å². The summed E-state index contributed by atoms with van der Waals surface area (Å²) in [7, 11) is 0. The molecule has 0 radical (unpaired) electrons. The predicted octanol–water partition coefficient (Wildman–Crippen LogP) is 1.28. The molecule has 0 atom stereocenters. The van der Waals surface area contributed by atoms with Crippen LogP contribution < -0.4 is 5.73 Å². The zero-order chi connectivity index (χ0) is 10.6. The van der Waals surface area contributed by atoms with Crippen LogP contribution >= 0.6 is 0 Å². The first-order valence-electron chi connectivity index (χ1n) is 4.03. The number of carbonyl (C=O) groups is 1. The number of halogens is 1. The molecule has 1 aromatic rings. The molecule has 0 saturated heterocycles. The molecule has 0 aromatic carbocycles. The van der Waals surface area contributed by atoms with E-state index in [1.54, 1.807) is 6.92 Å². The number of esters is 1. The normalized spacial score (nSPS) is 11.4. The number of hydrogen-bond acceptors (Lipinski definition) is 4. The molecule has 0 unspecified atom stereocenters. The van der Waals surface area contributed by atoms with E-state index in [2.05, 4.69) is 9.15 Å². The van der Waals surface area contributed by atoms with E-state index in [1.165, 1.54) is 12.1 Å². The molecule has 1 aromatic heterocycles. The maximum Gasteiger partial charge on any atom is 0.354 e. The van der Waals surface area contributed by atoms with Crippen molar-refractivity contribution in [2.24, 2.45) is 5.73 Å². The van der Waals surface area contributed by atoms with Gasteiger partial charge in [-0.25, -0.2) is 4.79 Å². The molecule has 0 spiro atoms. The molecule has 0 aliphatic carbocycles. The summed E-state index contributed by atoms with van der Waals surface area (Å²) in [6.45, 7) is 1.90. The van der Waals surface area contributed by atoms with Gasteiger partial charge in [0.15, 0.2) is 0 Å². The Bertz CT molecular complexity index is 357. The van der Waals surface area contributed by atoms with Crippen LogP contribution in [0.3, 0.4) is 0 Å². The first-order chi connectivity index (χ1) is 6.63. The summed E-state index contributed by atoms with van der Waals surface area (Å²) in [4.78, 5) is 11.0.